The van der Waals surface area contributed by atoms with Gasteiger partial charge in [0.15, 0.2) is 11.5 Å². The van der Waals surface area contributed by atoms with E-state index in [0.717, 1.165) is 11.1 Å². The highest BCUT2D eigenvalue weighted by atomic mass is 16.6. The molecule has 0 aliphatic carbocycles. The Bertz CT molecular complexity index is 1150. The second-order valence-electron chi connectivity index (χ2n) is 8.91. The SMILES string of the molecule is Cc1ccccc1COC[C@@H](NC(=O)C(C)(C)N)c1nnc2cccc(COC(=O)N(C)C)n12. The van der Waals surface area contributed by atoms with E-state index in [1.807, 2.05) is 37.3 Å². The summed E-state index contributed by atoms with van der Waals surface area (Å²) in [5.74, 6) is 0.0964. The zero-order valence-electron chi connectivity index (χ0n) is 20.2. The van der Waals surface area contributed by atoms with Gasteiger partial charge < -0.3 is 25.4 Å². The standard InChI is InChI=1S/C24H32N6O4/c1-16-9-6-7-10-17(16)13-33-15-19(26-22(31)24(2,3)25)21-28-27-20-12-8-11-18(30(20)21)14-34-23(32)29(4)5/h6-12,19H,13-15,25H2,1-5H3,(H,26,31)/t19-/m1/s1. The summed E-state index contributed by atoms with van der Waals surface area (Å²) in [4.78, 5) is 26.0. The van der Waals surface area contributed by atoms with Crippen LogP contribution in [-0.2, 0) is 27.5 Å². The molecule has 0 unspecified atom stereocenters. The molecule has 0 radical (unpaired) electrons. The molecule has 34 heavy (non-hydrogen) atoms. The molecule has 0 bridgehead atoms. The third-order valence-corrected chi connectivity index (χ3v) is 5.25. The van der Waals surface area contributed by atoms with Crippen LogP contribution in [0.5, 0.6) is 0 Å². The smallest absolute Gasteiger partial charge is 0.409 e. The van der Waals surface area contributed by atoms with Gasteiger partial charge in [-0.25, -0.2) is 4.79 Å². The van der Waals surface area contributed by atoms with Gasteiger partial charge in [0.1, 0.15) is 12.6 Å². The lowest BCUT2D eigenvalue weighted by Gasteiger charge is -2.24. The van der Waals surface area contributed by atoms with E-state index >= 15 is 0 Å². The van der Waals surface area contributed by atoms with E-state index in [1.165, 1.54) is 4.90 Å². The van der Waals surface area contributed by atoms with Crippen LogP contribution >= 0.6 is 0 Å². The van der Waals surface area contributed by atoms with E-state index in [9.17, 15) is 9.59 Å². The van der Waals surface area contributed by atoms with Crippen molar-refractivity contribution in [3.05, 3.63) is 65.1 Å². The normalized spacial score (nSPS) is 12.4. The van der Waals surface area contributed by atoms with Crippen LogP contribution in [0, 0.1) is 6.92 Å². The topological polar surface area (TPSA) is 124 Å². The Morgan fingerprint density at radius 2 is 1.85 bits per heavy atom. The second kappa shape index (κ2) is 10.6. The minimum absolute atomic E-state index is 0.00646. The van der Waals surface area contributed by atoms with Crippen LogP contribution in [0.15, 0.2) is 42.5 Å². The highest BCUT2D eigenvalue weighted by Gasteiger charge is 2.28. The molecule has 10 heteroatoms. The average Bonchev–Trinajstić information content (AvgIpc) is 3.22. The largest absolute Gasteiger partial charge is 0.443 e. The molecule has 0 spiro atoms. The number of nitrogens with two attached hydrogens (primary N) is 1. The molecule has 0 aliphatic heterocycles. The summed E-state index contributed by atoms with van der Waals surface area (Å²) in [5, 5.41) is 11.5. The molecule has 0 saturated carbocycles. The summed E-state index contributed by atoms with van der Waals surface area (Å²) in [7, 11) is 3.22. The average molecular weight is 469 g/mol. The van der Waals surface area contributed by atoms with Crippen molar-refractivity contribution >= 4 is 17.6 Å². The summed E-state index contributed by atoms with van der Waals surface area (Å²) in [5.41, 5.74) is 8.29. The van der Waals surface area contributed by atoms with Gasteiger partial charge in [-0.3, -0.25) is 9.20 Å². The minimum Gasteiger partial charge on any atom is -0.443 e. The van der Waals surface area contributed by atoms with Crippen LogP contribution in [-0.4, -0.2) is 57.7 Å². The van der Waals surface area contributed by atoms with E-state index in [2.05, 4.69) is 15.5 Å². The number of carbonyl (C=O) groups excluding carboxylic acids is 2. The highest BCUT2D eigenvalue weighted by molar-refractivity contribution is 5.85. The lowest BCUT2D eigenvalue weighted by Crippen LogP contribution is -2.51. The van der Waals surface area contributed by atoms with Crippen molar-refractivity contribution in [3.8, 4) is 0 Å². The Kier molecular flexibility index (Phi) is 7.85. The van der Waals surface area contributed by atoms with Gasteiger partial charge in [-0.05, 0) is 44.0 Å². The zero-order valence-corrected chi connectivity index (χ0v) is 20.2. The lowest BCUT2D eigenvalue weighted by atomic mass is 10.1. The number of rotatable bonds is 9. The van der Waals surface area contributed by atoms with Crippen molar-refractivity contribution in [2.45, 2.75) is 45.6 Å². The maximum absolute atomic E-state index is 12.7. The summed E-state index contributed by atoms with van der Waals surface area (Å²) in [6, 6.07) is 12.7. The molecule has 3 aromatic rings. The van der Waals surface area contributed by atoms with Crippen molar-refractivity contribution in [2.75, 3.05) is 20.7 Å². The van der Waals surface area contributed by atoms with Crippen molar-refractivity contribution in [2.24, 2.45) is 5.73 Å². The Morgan fingerprint density at radius 1 is 1.12 bits per heavy atom. The highest BCUT2D eigenvalue weighted by Crippen LogP contribution is 2.19. The van der Waals surface area contributed by atoms with Crippen LogP contribution in [0.1, 0.15) is 42.5 Å². The Labute approximate surface area is 199 Å². The predicted molar refractivity (Wildman–Crippen MR) is 127 cm³/mol. The summed E-state index contributed by atoms with van der Waals surface area (Å²) >= 11 is 0. The van der Waals surface area contributed by atoms with Gasteiger partial charge in [0, 0.05) is 14.1 Å². The molecule has 0 fully saturated rings. The van der Waals surface area contributed by atoms with Gasteiger partial charge in [0.25, 0.3) is 0 Å². The van der Waals surface area contributed by atoms with Gasteiger partial charge in [-0.1, -0.05) is 30.3 Å². The molecule has 3 N–H and O–H groups in total. The number of fused-ring (bicyclic) bond motifs is 1. The third kappa shape index (κ3) is 6.09. The van der Waals surface area contributed by atoms with Crippen molar-refractivity contribution in [1.82, 2.24) is 24.8 Å². The number of pyridine rings is 1. The maximum Gasteiger partial charge on any atom is 0.409 e. The van der Waals surface area contributed by atoms with Crippen molar-refractivity contribution in [3.63, 3.8) is 0 Å². The molecule has 2 heterocycles. The Balaban J connectivity index is 1.89. The predicted octanol–water partition coefficient (Wildman–Crippen LogP) is 2.35. The lowest BCUT2D eigenvalue weighted by molar-refractivity contribution is -0.126. The van der Waals surface area contributed by atoms with Crippen molar-refractivity contribution < 1.29 is 19.1 Å². The number of nitrogens with one attached hydrogen (secondary N) is 1. The molecule has 1 atom stereocenters. The first kappa shape index (κ1) is 25.1. The molecule has 0 saturated heterocycles. The third-order valence-electron chi connectivity index (χ3n) is 5.25. The molecule has 2 aromatic heterocycles. The number of aromatic nitrogens is 3. The van der Waals surface area contributed by atoms with E-state index in [0.29, 0.717) is 23.8 Å². The van der Waals surface area contributed by atoms with Crippen LogP contribution in [0.25, 0.3) is 5.65 Å². The molecular weight excluding hydrogens is 436 g/mol. The first-order valence-electron chi connectivity index (χ1n) is 11.0. The second-order valence-corrected chi connectivity index (χ2v) is 8.91. The van der Waals surface area contributed by atoms with Crippen LogP contribution < -0.4 is 11.1 Å². The number of nitrogens with zero attached hydrogens (tertiary/aromatic N) is 4. The molecule has 1 aromatic carbocycles. The zero-order chi connectivity index (χ0) is 24.9. The quantitative estimate of drug-likeness (QED) is 0.494. The summed E-state index contributed by atoms with van der Waals surface area (Å²) in [6.07, 6.45) is -0.470. The number of ether oxygens (including phenoxy) is 2. The Morgan fingerprint density at radius 3 is 2.53 bits per heavy atom. The molecular formula is C24H32N6O4. The number of amides is 2. The van der Waals surface area contributed by atoms with E-state index in [-0.39, 0.29) is 19.1 Å². The number of hydrogen-bond donors (Lipinski definition) is 2. The van der Waals surface area contributed by atoms with Crippen molar-refractivity contribution in [1.29, 1.82) is 0 Å². The number of hydrogen-bond acceptors (Lipinski definition) is 7. The van der Waals surface area contributed by atoms with Gasteiger partial charge in [0.05, 0.1) is 24.4 Å². The van der Waals surface area contributed by atoms with E-state index in [4.69, 9.17) is 15.2 Å². The summed E-state index contributed by atoms with van der Waals surface area (Å²) < 4.78 is 13.1. The molecule has 182 valence electrons. The fourth-order valence-electron chi connectivity index (χ4n) is 3.22. The maximum atomic E-state index is 12.7. The molecule has 3 rings (SSSR count). The molecule has 10 nitrogen and oxygen atoms in total. The van der Waals surface area contributed by atoms with Gasteiger partial charge in [-0.2, -0.15) is 0 Å². The van der Waals surface area contributed by atoms with Gasteiger partial charge in [0.2, 0.25) is 5.91 Å². The monoisotopic (exact) mass is 468 g/mol. The van der Waals surface area contributed by atoms with Gasteiger partial charge in [-0.15, -0.1) is 10.2 Å². The minimum atomic E-state index is -1.10. The first-order valence-corrected chi connectivity index (χ1v) is 11.0. The van der Waals surface area contributed by atoms with Crippen LogP contribution in [0.4, 0.5) is 4.79 Å². The van der Waals surface area contributed by atoms with E-state index in [1.54, 1.807) is 44.5 Å². The number of carbonyl (C=O) groups is 2. The van der Waals surface area contributed by atoms with Gasteiger partial charge >= 0.3 is 6.09 Å². The molecule has 0 aliphatic rings. The fraction of sp³-hybridized carbons (Fsp3) is 0.417. The van der Waals surface area contributed by atoms with Crippen LogP contribution in [0.2, 0.25) is 0 Å². The summed E-state index contributed by atoms with van der Waals surface area (Å²) in [6.45, 7) is 5.79. The fourth-order valence-corrected chi connectivity index (χ4v) is 3.22. The van der Waals surface area contributed by atoms with E-state index < -0.39 is 17.7 Å². The Hall–Kier alpha value is -3.50. The number of aryl methyl sites for hydroxylation is 1. The molecule has 2 amide bonds. The number of benzene rings is 1. The van der Waals surface area contributed by atoms with Crippen LogP contribution in [0.3, 0.4) is 0 Å². The first-order chi connectivity index (χ1) is 16.1.